The molecule has 2 aliphatic rings. The first-order chi connectivity index (χ1) is 16.3. The molecular weight excluding hydrogens is 480 g/mol. The van der Waals surface area contributed by atoms with Crippen LogP contribution >= 0.6 is 0 Å². The van der Waals surface area contributed by atoms with E-state index in [1.807, 2.05) is 0 Å². The van der Waals surface area contributed by atoms with Crippen LogP contribution in [0, 0.1) is 0 Å². The summed E-state index contributed by atoms with van der Waals surface area (Å²) in [4.78, 5) is 46.8. The van der Waals surface area contributed by atoms with Crippen LogP contribution in [0.5, 0.6) is 0 Å². The molecule has 2 rings (SSSR count). The summed E-state index contributed by atoms with van der Waals surface area (Å²) in [7, 11) is 0. The molecule has 2 heterocycles. The van der Waals surface area contributed by atoms with E-state index in [4.69, 9.17) is 33.2 Å². The van der Waals surface area contributed by atoms with Gasteiger partial charge in [0.15, 0.2) is 30.9 Å². The predicted octanol–water partition coefficient (Wildman–Crippen LogP) is -3.11. The zero-order valence-electron chi connectivity index (χ0n) is 19.5. The number of esters is 4. The van der Waals surface area contributed by atoms with Gasteiger partial charge in [-0.05, 0) is 0 Å². The molecule has 0 saturated carbocycles. The Kier molecular flexibility index (Phi) is 10.3. The van der Waals surface area contributed by atoms with E-state index in [1.165, 1.54) is 0 Å². The van der Waals surface area contributed by atoms with E-state index in [0.717, 1.165) is 27.7 Å². The number of hydrogen-bond acceptors (Lipinski definition) is 15. The maximum absolute atomic E-state index is 11.8. The molecule has 0 aromatic heterocycles. The minimum Gasteiger partial charge on any atom is -0.463 e. The van der Waals surface area contributed by atoms with E-state index in [2.05, 4.69) is 0 Å². The topological polar surface area (TPSA) is 214 Å². The van der Waals surface area contributed by atoms with Crippen LogP contribution in [0.2, 0.25) is 0 Å². The van der Waals surface area contributed by atoms with Gasteiger partial charge in [0.05, 0.1) is 6.61 Å². The largest absolute Gasteiger partial charge is 0.463 e. The fourth-order valence-electron chi connectivity index (χ4n) is 3.69. The molecule has 0 aliphatic carbocycles. The smallest absolute Gasteiger partial charge is 0.303 e. The monoisotopic (exact) mass is 510 g/mol. The molecule has 0 amide bonds. The molecule has 10 atom stereocenters. The summed E-state index contributed by atoms with van der Waals surface area (Å²) in [6, 6.07) is 0. The van der Waals surface area contributed by atoms with Crippen LogP contribution < -0.4 is 0 Å². The Labute approximate surface area is 199 Å². The van der Waals surface area contributed by atoms with Crippen LogP contribution in [-0.4, -0.2) is 119 Å². The van der Waals surface area contributed by atoms with Gasteiger partial charge >= 0.3 is 23.9 Å². The van der Waals surface area contributed by atoms with Gasteiger partial charge in [-0.3, -0.25) is 19.2 Å². The number of carbonyl (C=O) groups excluding carboxylic acids is 4. The highest BCUT2D eigenvalue weighted by Gasteiger charge is 2.55. The van der Waals surface area contributed by atoms with Gasteiger partial charge in [0.25, 0.3) is 0 Å². The van der Waals surface area contributed by atoms with E-state index in [9.17, 15) is 39.6 Å². The zero-order chi connectivity index (χ0) is 26.4. The molecule has 0 bridgehead atoms. The molecule has 15 heteroatoms. The minimum atomic E-state index is -1.84. The van der Waals surface area contributed by atoms with Crippen molar-refractivity contribution in [3.05, 3.63) is 0 Å². The van der Waals surface area contributed by atoms with Crippen LogP contribution in [0.1, 0.15) is 27.7 Å². The van der Waals surface area contributed by atoms with Crippen molar-refractivity contribution in [3.63, 3.8) is 0 Å². The van der Waals surface area contributed by atoms with E-state index in [0.29, 0.717) is 0 Å². The van der Waals surface area contributed by atoms with Crippen LogP contribution in [0.3, 0.4) is 0 Å². The number of ether oxygens (including phenoxy) is 7. The number of hydrogen-bond donors (Lipinski definition) is 4. The first kappa shape index (κ1) is 28.8. The van der Waals surface area contributed by atoms with Crippen molar-refractivity contribution in [3.8, 4) is 0 Å². The van der Waals surface area contributed by atoms with Crippen LogP contribution in [-0.2, 0) is 52.3 Å². The van der Waals surface area contributed by atoms with Crippen molar-refractivity contribution < 1.29 is 72.8 Å². The van der Waals surface area contributed by atoms with Gasteiger partial charge in [-0.1, -0.05) is 0 Å². The molecule has 0 unspecified atom stereocenters. The van der Waals surface area contributed by atoms with Gasteiger partial charge in [0.1, 0.15) is 37.1 Å². The first-order valence-electron chi connectivity index (χ1n) is 10.6. The summed E-state index contributed by atoms with van der Waals surface area (Å²) in [5, 5.41) is 39.7. The Hall–Kier alpha value is -2.40. The average Bonchev–Trinajstić information content (AvgIpc) is 2.75. The summed E-state index contributed by atoms with van der Waals surface area (Å²) < 4.78 is 37.2. The maximum Gasteiger partial charge on any atom is 0.303 e. The summed E-state index contributed by atoms with van der Waals surface area (Å²) in [6.45, 7) is 2.97. The summed E-state index contributed by atoms with van der Waals surface area (Å²) >= 11 is 0. The highest BCUT2D eigenvalue weighted by molar-refractivity contribution is 5.68. The molecule has 200 valence electrons. The lowest BCUT2D eigenvalue weighted by molar-refractivity contribution is -0.356. The molecule has 35 heavy (non-hydrogen) atoms. The van der Waals surface area contributed by atoms with Gasteiger partial charge < -0.3 is 53.6 Å². The minimum absolute atomic E-state index is 0.508. The van der Waals surface area contributed by atoms with Crippen molar-refractivity contribution in [2.75, 3.05) is 13.2 Å². The van der Waals surface area contributed by atoms with Crippen molar-refractivity contribution in [1.29, 1.82) is 0 Å². The first-order valence-corrected chi connectivity index (χ1v) is 10.6. The van der Waals surface area contributed by atoms with Gasteiger partial charge in [0.2, 0.25) is 0 Å². The zero-order valence-corrected chi connectivity index (χ0v) is 19.5. The molecule has 2 fully saturated rings. The fourth-order valence-corrected chi connectivity index (χ4v) is 3.69. The van der Waals surface area contributed by atoms with Gasteiger partial charge in [-0.25, -0.2) is 0 Å². The lowest BCUT2D eigenvalue weighted by Gasteiger charge is -2.47. The summed E-state index contributed by atoms with van der Waals surface area (Å²) in [6.07, 6.45) is -15.9. The molecule has 15 nitrogen and oxygen atoms in total. The second kappa shape index (κ2) is 12.5. The number of aliphatic hydroxyl groups excluding tert-OH is 4. The van der Waals surface area contributed by atoms with Crippen molar-refractivity contribution in [2.24, 2.45) is 0 Å². The predicted molar refractivity (Wildman–Crippen MR) is 107 cm³/mol. The Balaban J connectivity index is 2.46. The lowest BCUT2D eigenvalue weighted by Crippen LogP contribution is -2.66. The maximum atomic E-state index is 11.8. The van der Waals surface area contributed by atoms with Gasteiger partial charge in [-0.15, -0.1) is 0 Å². The van der Waals surface area contributed by atoms with E-state index in [1.54, 1.807) is 0 Å². The molecule has 0 radical (unpaired) electrons. The highest BCUT2D eigenvalue weighted by atomic mass is 16.8. The Morgan fingerprint density at radius 1 is 0.686 bits per heavy atom. The number of aliphatic hydroxyl groups is 4. The van der Waals surface area contributed by atoms with Crippen LogP contribution in [0.25, 0.3) is 0 Å². The average molecular weight is 510 g/mol. The molecule has 0 spiro atoms. The number of rotatable bonds is 8. The van der Waals surface area contributed by atoms with Crippen molar-refractivity contribution >= 4 is 23.9 Å². The second-order valence-corrected chi connectivity index (χ2v) is 7.90. The third-order valence-electron chi connectivity index (χ3n) is 5.08. The Morgan fingerprint density at radius 3 is 1.74 bits per heavy atom. The second-order valence-electron chi connectivity index (χ2n) is 7.90. The fraction of sp³-hybridized carbons (Fsp3) is 0.800. The quantitative estimate of drug-likeness (QED) is 0.188. The summed E-state index contributed by atoms with van der Waals surface area (Å²) in [5.41, 5.74) is 0. The van der Waals surface area contributed by atoms with Crippen molar-refractivity contribution in [2.45, 2.75) is 89.1 Å². The van der Waals surface area contributed by atoms with Crippen molar-refractivity contribution in [1.82, 2.24) is 0 Å². The third-order valence-corrected chi connectivity index (χ3v) is 5.08. The van der Waals surface area contributed by atoms with E-state index < -0.39 is 98.5 Å². The van der Waals surface area contributed by atoms with Gasteiger partial charge in [0, 0.05) is 27.7 Å². The molecule has 4 N–H and O–H groups in total. The normalized spacial score (nSPS) is 37.1. The SMILES string of the molecule is CC(=O)OC[C@H]1O[C@@H](O[C@H]2[C@H](O)[C@@H](O)[C@H](O)O[C@@H]2CO)[C@H](OC(C)=O)[C@@H](OC(C)=O)[C@H]1OC(C)=O. The van der Waals surface area contributed by atoms with Crippen LogP contribution in [0.4, 0.5) is 0 Å². The van der Waals surface area contributed by atoms with E-state index in [-0.39, 0.29) is 0 Å². The third kappa shape index (κ3) is 7.54. The number of carbonyl (C=O) groups is 4. The molecule has 2 saturated heterocycles. The van der Waals surface area contributed by atoms with Crippen LogP contribution in [0.15, 0.2) is 0 Å². The molecule has 0 aromatic carbocycles. The molecule has 2 aliphatic heterocycles. The standard InChI is InChI=1S/C20H30O15/c1-7(22)29-6-12-16(30-8(2)23)17(31-9(3)24)18(32-10(4)25)20(34-12)35-15-11(5-21)33-19(28)14(27)13(15)26/h11-21,26-28H,5-6H2,1-4H3/t11-,12-,13-,14-,15-,16+,17+,18-,19-,20+/m1/s1. The Bertz CT molecular complexity index is 770. The lowest BCUT2D eigenvalue weighted by atomic mass is 9.96. The highest BCUT2D eigenvalue weighted by Crippen LogP contribution is 2.33. The molecular formula is C20H30O15. The molecule has 0 aromatic rings. The van der Waals surface area contributed by atoms with E-state index >= 15 is 0 Å². The summed E-state index contributed by atoms with van der Waals surface area (Å²) in [5.74, 6) is -3.27. The Morgan fingerprint density at radius 2 is 1.23 bits per heavy atom. The van der Waals surface area contributed by atoms with Gasteiger partial charge in [-0.2, -0.15) is 0 Å².